The molecule has 3 heterocycles. The summed E-state index contributed by atoms with van der Waals surface area (Å²) in [6.45, 7) is 7.35. The summed E-state index contributed by atoms with van der Waals surface area (Å²) in [7, 11) is 0. The zero-order valence-corrected chi connectivity index (χ0v) is 15.9. The van der Waals surface area contributed by atoms with Crippen LogP contribution in [0.15, 0.2) is 48.9 Å². The third-order valence-corrected chi connectivity index (χ3v) is 5.31. The second-order valence-electron chi connectivity index (χ2n) is 7.19. The van der Waals surface area contributed by atoms with Crippen LogP contribution in [0.1, 0.15) is 29.4 Å². The molecule has 0 spiro atoms. The highest BCUT2D eigenvalue weighted by atomic mass is 16.2. The SMILES string of the molecule is CCn1cc(C(=O)N2CCC(Cn3c(C)cnc3-c3ccccc3)C2)cn1. The molecule has 0 saturated carbocycles. The van der Waals surface area contributed by atoms with Crippen molar-refractivity contribution in [1.29, 1.82) is 0 Å². The second kappa shape index (κ2) is 7.39. The predicted molar refractivity (Wildman–Crippen MR) is 104 cm³/mol. The Bertz CT molecular complexity index is 927. The fraction of sp³-hybridized carbons (Fsp3) is 0.381. The van der Waals surface area contributed by atoms with Gasteiger partial charge < -0.3 is 9.47 Å². The molecule has 2 aromatic heterocycles. The van der Waals surface area contributed by atoms with Crippen LogP contribution in [0.2, 0.25) is 0 Å². The van der Waals surface area contributed by atoms with E-state index < -0.39 is 0 Å². The molecule has 1 saturated heterocycles. The fourth-order valence-corrected chi connectivity index (χ4v) is 3.76. The van der Waals surface area contributed by atoms with E-state index in [0.29, 0.717) is 11.5 Å². The van der Waals surface area contributed by atoms with E-state index in [4.69, 9.17) is 0 Å². The number of aromatic nitrogens is 4. The molecule has 4 rings (SSSR count). The molecule has 1 amide bonds. The first-order valence-electron chi connectivity index (χ1n) is 9.55. The van der Waals surface area contributed by atoms with Gasteiger partial charge in [-0.1, -0.05) is 30.3 Å². The average Bonchev–Trinajstić information content (AvgIpc) is 3.43. The van der Waals surface area contributed by atoms with Crippen molar-refractivity contribution >= 4 is 5.91 Å². The lowest BCUT2D eigenvalue weighted by Crippen LogP contribution is -2.29. The quantitative estimate of drug-likeness (QED) is 0.699. The number of likely N-dealkylation sites (tertiary alicyclic amines) is 1. The van der Waals surface area contributed by atoms with Crippen LogP contribution in [0.4, 0.5) is 0 Å². The second-order valence-corrected chi connectivity index (χ2v) is 7.19. The first-order chi connectivity index (χ1) is 13.2. The summed E-state index contributed by atoms with van der Waals surface area (Å²) in [6, 6.07) is 10.3. The van der Waals surface area contributed by atoms with Gasteiger partial charge in [0.15, 0.2) is 0 Å². The molecule has 3 aromatic rings. The van der Waals surface area contributed by atoms with Crippen molar-refractivity contribution in [2.24, 2.45) is 5.92 Å². The standard InChI is InChI=1S/C21H25N5O/c1-3-25-15-19(12-23-25)21(27)24-10-9-17(13-24)14-26-16(2)11-22-20(26)18-7-5-4-6-8-18/h4-8,11-12,15,17H,3,9-10,13-14H2,1-2H3. The van der Waals surface area contributed by atoms with Crippen LogP contribution in [-0.2, 0) is 13.1 Å². The number of hydrogen-bond acceptors (Lipinski definition) is 3. The van der Waals surface area contributed by atoms with E-state index in [-0.39, 0.29) is 5.91 Å². The van der Waals surface area contributed by atoms with Gasteiger partial charge in [-0.15, -0.1) is 0 Å². The number of imidazole rings is 1. The summed E-state index contributed by atoms with van der Waals surface area (Å²) >= 11 is 0. The number of carbonyl (C=O) groups is 1. The first-order valence-corrected chi connectivity index (χ1v) is 9.55. The Morgan fingerprint density at radius 3 is 2.78 bits per heavy atom. The lowest BCUT2D eigenvalue weighted by atomic mass is 10.1. The van der Waals surface area contributed by atoms with Crippen molar-refractivity contribution in [1.82, 2.24) is 24.2 Å². The van der Waals surface area contributed by atoms with Crippen LogP contribution in [0.25, 0.3) is 11.4 Å². The molecule has 0 aliphatic carbocycles. The Morgan fingerprint density at radius 1 is 1.22 bits per heavy atom. The van der Waals surface area contributed by atoms with Crippen LogP contribution in [-0.4, -0.2) is 43.2 Å². The Kier molecular flexibility index (Phi) is 4.79. The number of benzene rings is 1. The normalized spacial score (nSPS) is 16.8. The summed E-state index contributed by atoms with van der Waals surface area (Å²) in [5, 5.41) is 4.22. The molecule has 1 aliphatic heterocycles. The van der Waals surface area contributed by atoms with Crippen LogP contribution in [0.3, 0.4) is 0 Å². The molecule has 1 atom stereocenters. The molecule has 1 aromatic carbocycles. The number of amides is 1. The van der Waals surface area contributed by atoms with Gasteiger partial charge in [0.05, 0.1) is 11.8 Å². The molecular weight excluding hydrogens is 338 g/mol. The van der Waals surface area contributed by atoms with Crippen LogP contribution >= 0.6 is 0 Å². The zero-order chi connectivity index (χ0) is 18.8. The number of rotatable bonds is 5. The van der Waals surface area contributed by atoms with E-state index in [9.17, 15) is 4.79 Å². The average molecular weight is 363 g/mol. The van der Waals surface area contributed by atoms with Crippen molar-refractivity contribution in [3.8, 4) is 11.4 Å². The van der Waals surface area contributed by atoms with E-state index in [1.165, 1.54) is 0 Å². The zero-order valence-electron chi connectivity index (χ0n) is 15.9. The maximum atomic E-state index is 12.7. The minimum Gasteiger partial charge on any atom is -0.338 e. The van der Waals surface area contributed by atoms with E-state index in [1.807, 2.05) is 42.4 Å². The Hall–Kier alpha value is -2.89. The number of nitrogens with zero attached hydrogens (tertiary/aromatic N) is 5. The molecule has 6 heteroatoms. The van der Waals surface area contributed by atoms with Gasteiger partial charge >= 0.3 is 0 Å². The third-order valence-electron chi connectivity index (χ3n) is 5.31. The van der Waals surface area contributed by atoms with Gasteiger partial charge in [-0.2, -0.15) is 5.10 Å². The highest BCUT2D eigenvalue weighted by Crippen LogP contribution is 2.25. The maximum absolute atomic E-state index is 12.7. The van der Waals surface area contributed by atoms with Gasteiger partial charge in [0, 0.05) is 49.8 Å². The van der Waals surface area contributed by atoms with E-state index in [1.54, 1.807) is 10.9 Å². The van der Waals surface area contributed by atoms with Crippen LogP contribution in [0.5, 0.6) is 0 Å². The molecule has 0 radical (unpaired) electrons. The molecule has 27 heavy (non-hydrogen) atoms. The number of aryl methyl sites for hydroxylation is 2. The van der Waals surface area contributed by atoms with E-state index in [0.717, 1.165) is 49.7 Å². The van der Waals surface area contributed by atoms with Crippen LogP contribution < -0.4 is 0 Å². The van der Waals surface area contributed by atoms with E-state index >= 15 is 0 Å². The Balaban J connectivity index is 1.46. The summed E-state index contributed by atoms with van der Waals surface area (Å²) < 4.78 is 4.07. The summed E-state index contributed by atoms with van der Waals surface area (Å²) in [5.41, 5.74) is 2.97. The van der Waals surface area contributed by atoms with Crippen molar-refractivity contribution in [3.63, 3.8) is 0 Å². The van der Waals surface area contributed by atoms with Gasteiger partial charge in [0.2, 0.25) is 0 Å². The Morgan fingerprint density at radius 2 is 2.04 bits per heavy atom. The van der Waals surface area contributed by atoms with Crippen molar-refractivity contribution in [3.05, 3.63) is 60.2 Å². The molecule has 0 N–H and O–H groups in total. The molecule has 1 aliphatic rings. The smallest absolute Gasteiger partial charge is 0.257 e. The maximum Gasteiger partial charge on any atom is 0.257 e. The summed E-state index contributed by atoms with van der Waals surface area (Å²) in [6.07, 6.45) is 6.45. The minimum absolute atomic E-state index is 0.0860. The van der Waals surface area contributed by atoms with Crippen molar-refractivity contribution < 1.29 is 4.79 Å². The van der Waals surface area contributed by atoms with Crippen molar-refractivity contribution in [2.45, 2.75) is 33.4 Å². The highest BCUT2D eigenvalue weighted by molar-refractivity contribution is 5.93. The molecule has 0 bridgehead atoms. The van der Waals surface area contributed by atoms with Gasteiger partial charge in [-0.05, 0) is 26.2 Å². The Labute approximate surface area is 159 Å². The van der Waals surface area contributed by atoms with Gasteiger partial charge in [-0.25, -0.2) is 4.98 Å². The minimum atomic E-state index is 0.0860. The van der Waals surface area contributed by atoms with Gasteiger partial charge in [-0.3, -0.25) is 9.48 Å². The highest BCUT2D eigenvalue weighted by Gasteiger charge is 2.28. The lowest BCUT2D eigenvalue weighted by Gasteiger charge is -2.17. The van der Waals surface area contributed by atoms with Crippen LogP contribution in [0, 0.1) is 12.8 Å². The summed E-state index contributed by atoms with van der Waals surface area (Å²) in [4.78, 5) is 19.3. The largest absolute Gasteiger partial charge is 0.338 e. The molecule has 1 unspecified atom stereocenters. The van der Waals surface area contributed by atoms with Gasteiger partial charge in [0.1, 0.15) is 5.82 Å². The third kappa shape index (κ3) is 3.52. The lowest BCUT2D eigenvalue weighted by molar-refractivity contribution is 0.0786. The number of hydrogen-bond donors (Lipinski definition) is 0. The predicted octanol–water partition coefficient (Wildman–Crippen LogP) is 3.24. The fourth-order valence-electron chi connectivity index (χ4n) is 3.76. The molecule has 1 fully saturated rings. The van der Waals surface area contributed by atoms with Gasteiger partial charge in [0.25, 0.3) is 5.91 Å². The summed E-state index contributed by atoms with van der Waals surface area (Å²) in [5.74, 6) is 1.52. The topological polar surface area (TPSA) is 56.0 Å². The monoisotopic (exact) mass is 363 g/mol. The molecular formula is C21H25N5O. The first kappa shape index (κ1) is 17.5. The molecule has 6 nitrogen and oxygen atoms in total. The number of carbonyl (C=O) groups excluding carboxylic acids is 1. The van der Waals surface area contributed by atoms with Crippen molar-refractivity contribution in [2.75, 3.05) is 13.1 Å². The molecule has 140 valence electrons. The van der Waals surface area contributed by atoms with E-state index in [2.05, 4.69) is 33.7 Å².